The molecule has 0 aromatic heterocycles. The second-order valence-electron chi connectivity index (χ2n) is 5.95. The molecular weight excluding hydrogens is 340 g/mol. The van der Waals surface area contributed by atoms with Crippen LogP contribution in [0.25, 0.3) is 0 Å². The van der Waals surface area contributed by atoms with Crippen molar-refractivity contribution in [1.29, 1.82) is 0 Å². The average molecular weight is 361 g/mol. The van der Waals surface area contributed by atoms with Gasteiger partial charge in [-0.1, -0.05) is 41.4 Å². The van der Waals surface area contributed by atoms with Gasteiger partial charge in [-0.3, -0.25) is 0 Å². The molecule has 0 unspecified atom stereocenters. The maximum atomic E-state index is 11.9. The number of amides is 2. The third-order valence-corrected chi connectivity index (χ3v) is 4.21. The highest BCUT2D eigenvalue weighted by Gasteiger charge is 2.16. The number of aryl methyl sites for hydroxylation is 1. The van der Waals surface area contributed by atoms with Crippen molar-refractivity contribution in [3.05, 3.63) is 58.1 Å². The van der Waals surface area contributed by atoms with Crippen molar-refractivity contribution in [2.24, 2.45) is 0 Å². The minimum atomic E-state index is -0.191. The minimum Gasteiger partial charge on any atom is -0.486 e. The fourth-order valence-corrected chi connectivity index (χ4v) is 2.87. The SMILES string of the molecule is Cc1ccc(CNC(=O)NCCc2cc(Cl)c3c(c2)OCCO3)cc1. The molecule has 132 valence electrons. The van der Waals surface area contributed by atoms with Gasteiger partial charge in [0.1, 0.15) is 13.2 Å². The molecule has 0 spiro atoms. The van der Waals surface area contributed by atoms with E-state index in [0.717, 1.165) is 11.1 Å². The van der Waals surface area contributed by atoms with Gasteiger partial charge in [-0.15, -0.1) is 0 Å². The Hall–Kier alpha value is -2.40. The zero-order valence-corrected chi connectivity index (χ0v) is 14.9. The molecule has 1 heterocycles. The maximum absolute atomic E-state index is 11.9. The molecule has 2 aromatic carbocycles. The largest absolute Gasteiger partial charge is 0.486 e. The zero-order valence-electron chi connectivity index (χ0n) is 14.1. The molecule has 2 aromatic rings. The number of carbonyl (C=O) groups is 1. The minimum absolute atomic E-state index is 0.191. The summed E-state index contributed by atoms with van der Waals surface area (Å²) in [5.74, 6) is 1.26. The van der Waals surface area contributed by atoms with Crippen LogP contribution in [0.15, 0.2) is 36.4 Å². The first-order chi connectivity index (χ1) is 12.1. The van der Waals surface area contributed by atoms with Crippen molar-refractivity contribution in [1.82, 2.24) is 10.6 Å². The molecule has 5 nitrogen and oxygen atoms in total. The maximum Gasteiger partial charge on any atom is 0.315 e. The van der Waals surface area contributed by atoms with Crippen LogP contribution in [0.5, 0.6) is 11.5 Å². The van der Waals surface area contributed by atoms with E-state index in [4.69, 9.17) is 21.1 Å². The normalized spacial score (nSPS) is 12.6. The number of rotatable bonds is 5. The number of benzene rings is 2. The summed E-state index contributed by atoms with van der Waals surface area (Å²) in [4.78, 5) is 11.9. The van der Waals surface area contributed by atoms with Crippen LogP contribution in [0.1, 0.15) is 16.7 Å². The van der Waals surface area contributed by atoms with Gasteiger partial charge < -0.3 is 20.1 Å². The lowest BCUT2D eigenvalue weighted by Gasteiger charge is -2.20. The van der Waals surface area contributed by atoms with Gasteiger partial charge in [-0.05, 0) is 36.6 Å². The van der Waals surface area contributed by atoms with Crippen LogP contribution in [0.2, 0.25) is 5.02 Å². The fraction of sp³-hybridized carbons (Fsp3) is 0.316. The summed E-state index contributed by atoms with van der Waals surface area (Å²) in [6.45, 7) is 4.08. The molecule has 25 heavy (non-hydrogen) atoms. The first-order valence-electron chi connectivity index (χ1n) is 8.27. The standard InChI is InChI=1S/C19H21ClN2O3/c1-13-2-4-14(5-3-13)12-22-19(23)21-7-6-15-10-16(20)18-17(11-15)24-8-9-25-18/h2-5,10-11H,6-9,12H2,1H3,(H2,21,22,23). The van der Waals surface area contributed by atoms with Crippen LogP contribution in [0.3, 0.4) is 0 Å². The van der Waals surface area contributed by atoms with E-state index in [1.165, 1.54) is 5.56 Å². The number of ether oxygens (including phenoxy) is 2. The Kier molecular flexibility index (Phi) is 5.66. The van der Waals surface area contributed by atoms with E-state index in [-0.39, 0.29) is 6.03 Å². The van der Waals surface area contributed by atoms with Crippen molar-refractivity contribution in [2.45, 2.75) is 19.9 Å². The van der Waals surface area contributed by atoms with E-state index < -0.39 is 0 Å². The Bertz CT molecular complexity index is 747. The predicted octanol–water partition coefficient (Wildman–Crippen LogP) is 3.46. The second kappa shape index (κ2) is 8.12. The lowest BCUT2D eigenvalue weighted by molar-refractivity contribution is 0.171. The lowest BCUT2D eigenvalue weighted by Crippen LogP contribution is -2.36. The number of urea groups is 1. The van der Waals surface area contributed by atoms with E-state index in [0.29, 0.717) is 49.2 Å². The van der Waals surface area contributed by atoms with Crippen molar-refractivity contribution in [3.8, 4) is 11.5 Å². The molecule has 2 N–H and O–H groups in total. The summed E-state index contributed by atoms with van der Waals surface area (Å²) in [5, 5.41) is 6.23. The molecular formula is C19H21ClN2O3. The highest BCUT2D eigenvalue weighted by molar-refractivity contribution is 6.32. The summed E-state index contributed by atoms with van der Waals surface area (Å²) in [6.07, 6.45) is 0.661. The van der Waals surface area contributed by atoms with Crippen LogP contribution < -0.4 is 20.1 Å². The van der Waals surface area contributed by atoms with Crippen LogP contribution in [-0.2, 0) is 13.0 Å². The van der Waals surface area contributed by atoms with Crippen molar-refractivity contribution >= 4 is 17.6 Å². The third kappa shape index (κ3) is 4.79. The number of nitrogens with one attached hydrogen (secondary N) is 2. The summed E-state index contributed by atoms with van der Waals surface area (Å²) in [5.41, 5.74) is 3.26. The molecule has 0 fully saturated rings. The molecule has 6 heteroatoms. The van der Waals surface area contributed by atoms with Crippen LogP contribution in [-0.4, -0.2) is 25.8 Å². The molecule has 0 atom stereocenters. The van der Waals surface area contributed by atoms with Crippen LogP contribution in [0.4, 0.5) is 4.79 Å². The van der Waals surface area contributed by atoms with Crippen LogP contribution in [0, 0.1) is 6.92 Å². The number of carbonyl (C=O) groups excluding carboxylic acids is 1. The average Bonchev–Trinajstić information content (AvgIpc) is 2.61. The highest BCUT2D eigenvalue weighted by Crippen LogP contribution is 2.38. The van der Waals surface area contributed by atoms with Gasteiger partial charge in [0.2, 0.25) is 0 Å². The monoisotopic (exact) mass is 360 g/mol. The number of fused-ring (bicyclic) bond motifs is 1. The van der Waals surface area contributed by atoms with E-state index in [1.54, 1.807) is 0 Å². The molecule has 0 bridgehead atoms. The Morgan fingerprint density at radius 2 is 1.84 bits per heavy atom. The van der Waals surface area contributed by atoms with Gasteiger partial charge in [0.15, 0.2) is 11.5 Å². The van der Waals surface area contributed by atoms with E-state index in [2.05, 4.69) is 10.6 Å². The summed E-state index contributed by atoms with van der Waals surface area (Å²) < 4.78 is 11.1. The number of halogens is 1. The van der Waals surface area contributed by atoms with Gasteiger partial charge >= 0.3 is 6.03 Å². The van der Waals surface area contributed by atoms with Crippen molar-refractivity contribution in [3.63, 3.8) is 0 Å². The van der Waals surface area contributed by atoms with E-state index in [9.17, 15) is 4.79 Å². The number of hydrogen-bond donors (Lipinski definition) is 2. The predicted molar refractivity (Wildman–Crippen MR) is 97.6 cm³/mol. The first-order valence-corrected chi connectivity index (χ1v) is 8.65. The third-order valence-electron chi connectivity index (χ3n) is 3.93. The molecule has 0 radical (unpaired) electrons. The Morgan fingerprint density at radius 1 is 1.08 bits per heavy atom. The number of hydrogen-bond acceptors (Lipinski definition) is 3. The fourth-order valence-electron chi connectivity index (χ4n) is 2.58. The summed E-state index contributed by atoms with van der Waals surface area (Å²) in [6, 6.07) is 11.6. The van der Waals surface area contributed by atoms with E-state index in [1.807, 2.05) is 43.3 Å². The van der Waals surface area contributed by atoms with Gasteiger partial charge in [-0.2, -0.15) is 0 Å². The van der Waals surface area contributed by atoms with Crippen molar-refractivity contribution in [2.75, 3.05) is 19.8 Å². The molecule has 0 saturated heterocycles. The van der Waals surface area contributed by atoms with Crippen LogP contribution >= 0.6 is 11.6 Å². The van der Waals surface area contributed by atoms with Gasteiger partial charge in [0.05, 0.1) is 5.02 Å². The Balaban J connectivity index is 1.45. The van der Waals surface area contributed by atoms with Gasteiger partial charge in [0.25, 0.3) is 0 Å². The Labute approximate surface area is 152 Å². The smallest absolute Gasteiger partial charge is 0.315 e. The topological polar surface area (TPSA) is 59.6 Å². The molecule has 3 rings (SSSR count). The second-order valence-corrected chi connectivity index (χ2v) is 6.35. The van der Waals surface area contributed by atoms with Gasteiger partial charge in [-0.25, -0.2) is 4.79 Å². The van der Waals surface area contributed by atoms with Gasteiger partial charge in [0, 0.05) is 13.1 Å². The zero-order chi connectivity index (χ0) is 17.6. The first kappa shape index (κ1) is 17.4. The molecule has 2 amide bonds. The Morgan fingerprint density at radius 3 is 2.64 bits per heavy atom. The van der Waals surface area contributed by atoms with E-state index >= 15 is 0 Å². The quantitative estimate of drug-likeness (QED) is 0.858. The van der Waals surface area contributed by atoms with Crippen molar-refractivity contribution < 1.29 is 14.3 Å². The molecule has 1 aliphatic heterocycles. The molecule has 0 saturated carbocycles. The summed E-state index contributed by atoms with van der Waals surface area (Å²) >= 11 is 6.21. The molecule has 0 aliphatic carbocycles. The summed E-state index contributed by atoms with van der Waals surface area (Å²) in [7, 11) is 0. The highest BCUT2D eigenvalue weighted by atomic mass is 35.5. The molecule has 1 aliphatic rings. The lowest BCUT2D eigenvalue weighted by atomic mass is 10.1.